The summed E-state index contributed by atoms with van der Waals surface area (Å²) in [6.07, 6.45) is 0. The van der Waals surface area contributed by atoms with Gasteiger partial charge in [-0.05, 0) is 26.0 Å². The Bertz CT molecular complexity index is 383. The summed E-state index contributed by atoms with van der Waals surface area (Å²) in [5.74, 6) is 1.85. The lowest BCUT2D eigenvalue weighted by molar-refractivity contribution is -0.113. The molecule has 18 heavy (non-hydrogen) atoms. The zero-order valence-electron chi connectivity index (χ0n) is 10.8. The van der Waals surface area contributed by atoms with Gasteiger partial charge in [-0.15, -0.1) is 0 Å². The van der Waals surface area contributed by atoms with Crippen LogP contribution >= 0.6 is 11.8 Å². The number of benzene rings is 1. The molecule has 1 unspecified atom stereocenters. The van der Waals surface area contributed by atoms with Crippen molar-refractivity contribution in [2.75, 3.05) is 23.4 Å². The molecule has 5 heteroatoms. The lowest BCUT2D eigenvalue weighted by Crippen LogP contribution is -2.20. The van der Waals surface area contributed by atoms with Crippen molar-refractivity contribution < 1.29 is 9.53 Å². The van der Waals surface area contributed by atoms with Crippen molar-refractivity contribution >= 4 is 23.4 Å². The van der Waals surface area contributed by atoms with E-state index >= 15 is 0 Å². The Morgan fingerprint density at radius 1 is 1.50 bits per heavy atom. The number of carbonyl (C=O) groups excluding carboxylic acids is 1. The van der Waals surface area contributed by atoms with E-state index < -0.39 is 0 Å². The Balaban J connectivity index is 2.48. The molecule has 1 amide bonds. The Kier molecular flexibility index (Phi) is 6.60. The highest BCUT2D eigenvalue weighted by Gasteiger charge is 2.07. The van der Waals surface area contributed by atoms with Crippen molar-refractivity contribution in [1.29, 1.82) is 0 Å². The topological polar surface area (TPSA) is 64.3 Å². The van der Waals surface area contributed by atoms with Crippen LogP contribution in [0.25, 0.3) is 0 Å². The van der Waals surface area contributed by atoms with Crippen LogP contribution in [-0.4, -0.2) is 30.1 Å². The van der Waals surface area contributed by atoms with Crippen molar-refractivity contribution in [1.82, 2.24) is 0 Å². The summed E-state index contributed by atoms with van der Waals surface area (Å²) < 4.78 is 5.44. The Labute approximate surface area is 112 Å². The molecular weight excluding hydrogens is 248 g/mol. The predicted octanol–water partition coefficient (Wildman–Crippen LogP) is 2.10. The van der Waals surface area contributed by atoms with Gasteiger partial charge in [-0.3, -0.25) is 4.79 Å². The minimum Gasteiger partial charge on any atom is -0.492 e. The molecule has 100 valence electrons. The molecule has 4 nitrogen and oxygen atoms in total. The lowest BCUT2D eigenvalue weighted by atomic mass is 10.3. The molecule has 1 aromatic rings. The van der Waals surface area contributed by atoms with Crippen LogP contribution in [0.3, 0.4) is 0 Å². The zero-order valence-corrected chi connectivity index (χ0v) is 11.6. The van der Waals surface area contributed by atoms with E-state index in [2.05, 4.69) is 5.32 Å². The summed E-state index contributed by atoms with van der Waals surface area (Å²) in [5.41, 5.74) is 6.34. The molecule has 0 bridgehead atoms. The second-order valence-corrected chi connectivity index (χ2v) is 5.00. The zero-order chi connectivity index (χ0) is 13.4. The minimum atomic E-state index is -0.0344. The highest BCUT2D eigenvalue weighted by Crippen LogP contribution is 2.23. The maximum atomic E-state index is 11.7. The molecule has 1 aromatic carbocycles. The second kappa shape index (κ2) is 8.00. The number of ether oxygens (including phenoxy) is 1. The van der Waals surface area contributed by atoms with Crippen molar-refractivity contribution in [2.24, 2.45) is 5.73 Å². The number of carbonyl (C=O) groups is 1. The van der Waals surface area contributed by atoms with Gasteiger partial charge < -0.3 is 15.8 Å². The average molecular weight is 268 g/mol. The average Bonchev–Trinajstić information content (AvgIpc) is 2.31. The van der Waals surface area contributed by atoms with Gasteiger partial charge >= 0.3 is 0 Å². The van der Waals surface area contributed by atoms with Gasteiger partial charge in [0.15, 0.2) is 0 Å². The van der Waals surface area contributed by atoms with Crippen LogP contribution in [-0.2, 0) is 4.79 Å². The Hall–Kier alpha value is -1.20. The van der Waals surface area contributed by atoms with Crippen LogP contribution in [0.2, 0.25) is 0 Å². The Morgan fingerprint density at radius 3 is 2.89 bits per heavy atom. The van der Waals surface area contributed by atoms with Crippen LogP contribution in [0.4, 0.5) is 5.69 Å². The normalized spacial score (nSPS) is 11.9. The molecular formula is C13H20N2O2S. The van der Waals surface area contributed by atoms with E-state index in [9.17, 15) is 4.79 Å². The maximum Gasteiger partial charge on any atom is 0.234 e. The highest BCUT2D eigenvalue weighted by molar-refractivity contribution is 8.00. The third kappa shape index (κ3) is 5.42. The summed E-state index contributed by atoms with van der Waals surface area (Å²) in [6.45, 7) is 4.42. The first-order chi connectivity index (χ1) is 8.63. The number of nitrogens with two attached hydrogens (primary N) is 1. The fourth-order valence-corrected chi connectivity index (χ4v) is 2.12. The third-order valence-corrected chi connectivity index (χ3v) is 3.30. The smallest absolute Gasteiger partial charge is 0.234 e. The number of thioether (sulfide) groups is 1. The molecule has 0 heterocycles. The lowest BCUT2D eigenvalue weighted by Gasteiger charge is -2.11. The quantitative estimate of drug-likeness (QED) is 0.795. The summed E-state index contributed by atoms with van der Waals surface area (Å²) in [6, 6.07) is 7.53. The minimum absolute atomic E-state index is 0.0344. The highest BCUT2D eigenvalue weighted by atomic mass is 32.2. The van der Waals surface area contributed by atoms with E-state index in [1.165, 1.54) is 11.8 Å². The molecule has 1 atom stereocenters. The molecule has 1 rings (SSSR count). The van der Waals surface area contributed by atoms with Crippen molar-refractivity contribution in [3.8, 4) is 5.75 Å². The van der Waals surface area contributed by atoms with Crippen LogP contribution in [0.5, 0.6) is 5.75 Å². The van der Waals surface area contributed by atoms with E-state index in [1.807, 2.05) is 38.1 Å². The summed E-state index contributed by atoms with van der Waals surface area (Å²) in [7, 11) is 0. The maximum absolute atomic E-state index is 11.7. The van der Waals surface area contributed by atoms with E-state index in [-0.39, 0.29) is 11.9 Å². The van der Waals surface area contributed by atoms with Gasteiger partial charge in [0.05, 0.1) is 18.0 Å². The third-order valence-electron chi connectivity index (χ3n) is 2.07. The first-order valence-electron chi connectivity index (χ1n) is 5.98. The molecule has 0 aliphatic carbocycles. The van der Waals surface area contributed by atoms with Gasteiger partial charge in [0.2, 0.25) is 5.91 Å². The molecule has 0 fully saturated rings. The molecule has 0 spiro atoms. The van der Waals surface area contributed by atoms with E-state index in [4.69, 9.17) is 10.5 Å². The van der Waals surface area contributed by atoms with Gasteiger partial charge in [-0.2, -0.15) is 11.8 Å². The summed E-state index contributed by atoms with van der Waals surface area (Å²) in [4.78, 5) is 11.7. The number of anilines is 1. The number of para-hydroxylation sites is 2. The SMILES string of the molecule is CCOc1ccccc1NC(=O)CSCC(C)N. The van der Waals surface area contributed by atoms with Crippen LogP contribution in [0.15, 0.2) is 24.3 Å². The fourth-order valence-electron chi connectivity index (χ4n) is 1.38. The molecule has 3 N–H and O–H groups in total. The summed E-state index contributed by atoms with van der Waals surface area (Å²) in [5, 5.41) is 2.84. The van der Waals surface area contributed by atoms with Crippen LogP contribution in [0.1, 0.15) is 13.8 Å². The monoisotopic (exact) mass is 268 g/mol. The van der Waals surface area contributed by atoms with E-state index in [1.54, 1.807) is 0 Å². The van der Waals surface area contributed by atoms with Gasteiger partial charge in [0.1, 0.15) is 5.75 Å². The van der Waals surface area contributed by atoms with Gasteiger partial charge in [0.25, 0.3) is 0 Å². The van der Waals surface area contributed by atoms with E-state index in [0.29, 0.717) is 23.8 Å². The van der Waals surface area contributed by atoms with Crippen molar-refractivity contribution in [3.05, 3.63) is 24.3 Å². The van der Waals surface area contributed by atoms with Gasteiger partial charge in [-0.25, -0.2) is 0 Å². The van der Waals surface area contributed by atoms with E-state index in [0.717, 1.165) is 5.75 Å². The largest absolute Gasteiger partial charge is 0.492 e. The first-order valence-corrected chi connectivity index (χ1v) is 7.14. The van der Waals surface area contributed by atoms with Gasteiger partial charge in [0, 0.05) is 11.8 Å². The number of hydrogen-bond acceptors (Lipinski definition) is 4. The number of nitrogens with one attached hydrogen (secondary N) is 1. The Morgan fingerprint density at radius 2 is 2.22 bits per heavy atom. The second-order valence-electron chi connectivity index (χ2n) is 3.97. The van der Waals surface area contributed by atoms with Crippen molar-refractivity contribution in [2.45, 2.75) is 19.9 Å². The predicted molar refractivity (Wildman–Crippen MR) is 77.2 cm³/mol. The summed E-state index contributed by atoms with van der Waals surface area (Å²) >= 11 is 1.53. The molecule has 0 radical (unpaired) electrons. The molecule has 0 aliphatic rings. The standard InChI is InChI=1S/C13H20N2O2S/c1-3-17-12-7-5-4-6-11(12)15-13(16)9-18-8-10(2)14/h4-7,10H,3,8-9,14H2,1-2H3,(H,15,16). The van der Waals surface area contributed by atoms with Gasteiger partial charge in [-0.1, -0.05) is 12.1 Å². The molecule has 0 aliphatic heterocycles. The molecule has 0 saturated heterocycles. The van der Waals surface area contributed by atoms with Crippen molar-refractivity contribution in [3.63, 3.8) is 0 Å². The van der Waals surface area contributed by atoms with Crippen LogP contribution in [0, 0.1) is 0 Å². The van der Waals surface area contributed by atoms with Crippen LogP contribution < -0.4 is 15.8 Å². The number of hydrogen-bond donors (Lipinski definition) is 2. The number of rotatable bonds is 7. The number of amides is 1. The molecule has 0 saturated carbocycles. The fraction of sp³-hybridized carbons (Fsp3) is 0.462. The molecule has 0 aromatic heterocycles. The first kappa shape index (κ1) is 14.9.